The fourth-order valence-corrected chi connectivity index (χ4v) is 10.9. The van der Waals surface area contributed by atoms with Crippen LogP contribution < -0.4 is 25.4 Å². The molecule has 0 aliphatic carbocycles. The zero-order chi connectivity index (χ0) is 62.7. The van der Waals surface area contributed by atoms with Crippen LogP contribution in [0.25, 0.3) is 0 Å². The summed E-state index contributed by atoms with van der Waals surface area (Å²) >= 11 is 7.38. The second-order valence-corrected chi connectivity index (χ2v) is 23.4. The van der Waals surface area contributed by atoms with E-state index in [1.54, 1.807) is 67.1 Å². The topological polar surface area (TPSA) is 245 Å². The van der Waals surface area contributed by atoms with Crippen molar-refractivity contribution < 1.29 is 47.7 Å². The predicted molar refractivity (Wildman–Crippen MR) is 339 cm³/mol. The van der Waals surface area contributed by atoms with Crippen molar-refractivity contribution in [1.82, 2.24) is 59.6 Å². The van der Waals surface area contributed by atoms with Crippen LogP contribution in [0.5, 0.6) is 11.5 Å². The van der Waals surface area contributed by atoms with Crippen molar-refractivity contribution in [2.45, 2.75) is 77.4 Å². The van der Waals surface area contributed by atoms with Crippen LogP contribution in [0.15, 0.2) is 90.6 Å². The summed E-state index contributed by atoms with van der Waals surface area (Å²) < 4.78 is 32.7. The molecule has 2 saturated heterocycles. The SMILES string of the molecule is Cc1c(C(C(=O)NCc2ccc(Cl)cc2)N(CCN2CCCC2=O)C(=O)CCc2ccc(OCCCCN(C)CCOCCOCCc3cn(CCOCCOc4ccc(NC(=O)Nc5nc(CC(=O)N6CCN(C)CC6)cs5)cc4)nn3)cc2)cnn1C. The number of urea groups is 1. The first-order valence-electron chi connectivity index (χ1n) is 30.5. The third kappa shape index (κ3) is 22.5. The smallest absolute Gasteiger partial charge is 0.325 e. The van der Waals surface area contributed by atoms with Crippen LogP contribution in [-0.2, 0) is 72.8 Å². The first kappa shape index (κ1) is 67.4. The van der Waals surface area contributed by atoms with Gasteiger partial charge >= 0.3 is 6.03 Å². The van der Waals surface area contributed by atoms with Gasteiger partial charge in [-0.15, -0.1) is 16.4 Å². The molecule has 1 atom stereocenters. The van der Waals surface area contributed by atoms with Gasteiger partial charge in [-0.3, -0.25) is 29.2 Å². The summed E-state index contributed by atoms with van der Waals surface area (Å²) in [6, 6.07) is 20.7. The average Bonchev–Trinajstić information content (AvgIpc) is 3.61. The molecule has 2 aliphatic rings. The van der Waals surface area contributed by atoms with Crippen molar-refractivity contribution in [1.29, 1.82) is 0 Å². The largest absolute Gasteiger partial charge is 0.494 e. The molecular formula is C63H85ClN14O10S. The number of halogens is 1. The maximum atomic E-state index is 14.3. The lowest BCUT2D eigenvalue weighted by Crippen LogP contribution is -2.47. The second-order valence-electron chi connectivity index (χ2n) is 22.1. The quantitative estimate of drug-likeness (QED) is 0.0363. The van der Waals surface area contributed by atoms with Gasteiger partial charge in [0.05, 0.1) is 76.8 Å². The number of piperazine rings is 1. The summed E-state index contributed by atoms with van der Waals surface area (Å²) in [5, 5.41) is 24.3. The molecule has 480 valence electrons. The Morgan fingerprint density at radius 3 is 2.18 bits per heavy atom. The third-order valence-corrected chi connectivity index (χ3v) is 16.5. The molecule has 26 heteroatoms. The minimum Gasteiger partial charge on any atom is -0.494 e. The molecule has 5 heterocycles. The lowest BCUT2D eigenvalue weighted by molar-refractivity contribution is -0.141. The van der Waals surface area contributed by atoms with Crippen LogP contribution >= 0.6 is 22.9 Å². The van der Waals surface area contributed by atoms with Gasteiger partial charge in [0.1, 0.15) is 24.1 Å². The Labute approximate surface area is 530 Å². The van der Waals surface area contributed by atoms with Crippen molar-refractivity contribution in [3.05, 3.63) is 129 Å². The number of likely N-dealkylation sites (tertiary alicyclic amines) is 1. The Morgan fingerprint density at radius 2 is 1.45 bits per heavy atom. The van der Waals surface area contributed by atoms with Crippen molar-refractivity contribution in [3.63, 3.8) is 0 Å². The van der Waals surface area contributed by atoms with Gasteiger partial charge in [0.2, 0.25) is 23.6 Å². The minimum atomic E-state index is -0.948. The van der Waals surface area contributed by atoms with Gasteiger partial charge in [-0.05, 0) is 113 Å². The summed E-state index contributed by atoms with van der Waals surface area (Å²) in [6.45, 7) is 12.6. The van der Waals surface area contributed by atoms with Crippen LogP contribution in [0.4, 0.5) is 15.6 Å². The minimum absolute atomic E-state index is 0.0441. The first-order chi connectivity index (χ1) is 43.2. The molecule has 0 spiro atoms. The molecular weight excluding hydrogens is 1180 g/mol. The highest BCUT2D eigenvalue weighted by Gasteiger charge is 2.35. The Balaban J connectivity index is 0.622. The van der Waals surface area contributed by atoms with Gasteiger partial charge in [0.15, 0.2) is 5.13 Å². The number of hydrogen-bond donors (Lipinski definition) is 3. The number of carbonyl (C=O) groups is 5. The maximum Gasteiger partial charge on any atom is 0.325 e. The highest BCUT2D eigenvalue weighted by molar-refractivity contribution is 7.14. The molecule has 6 amide bonds. The number of anilines is 2. The zero-order valence-corrected chi connectivity index (χ0v) is 53.2. The van der Waals surface area contributed by atoms with Gasteiger partial charge in [0, 0.05) is 119 Å². The molecule has 3 aromatic carbocycles. The van der Waals surface area contributed by atoms with Crippen molar-refractivity contribution in [3.8, 4) is 11.5 Å². The molecule has 0 bridgehead atoms. The molecule has 24 nitrogen and oxygen atoms in total. The number of nitrogens with one attached hydrogen (secondary N) is 3. The number of nitrogens with zero attached hydrogens (tertiary/aromatic N) is 11. The molecule has 89 heavy (non-hydrogen) atoms. The monoisotopic (exact) mass is 1260 g/mol. The highest BCUT2D eigenvalue weighted by atomic mass is 35.5. The van der Waals surface area contributed by atoms with Crippen LogP contribution in [-0.4, -0.2) is 210 Å². The van der Waals surface area contributed by atoms with E-state index in [2.05, 4.69) is 53.2 Å². The number of unbranched alkanes of at least 4 members (excludes halogenated alkanes) is 1. The number of amides is 6. The molecule has 3 N–H and O–H groups in total. The fourth-order valence-electron chi connectivity index (χ4n) is 10.0. The van der Waals surface area contributed by atoms with E-state index in [1.807, 2.05) is 68.5 Å². The van der Waals surface area contributed by atoms with Gasteiger partial charge in [-0.25, -0.2) is 14.5 Å². The molecule has 1 unspecified atom stereocenters. The molecule has 3 aromatic heterocycles. The normalized spacial score (nSPS) is 13.9. The van der Waals surface area contributed by atoms with E-state index in [1.165, 1.54) is 11.3 Å². The number of aryl methyl sites for hydroxylation is 2. The number of rotatable bonds is 37. The molecule has 6 aromatic rings. The van der Waals surface area contributed by atoms with Crippen LogP contribution in [0.1, 0.15) is 71.9 Å². The Kier molecular flexibility index (Phi) is 27.0. The summed E-state index contributed by atoms with van der Waals surface area (Å²) in [4.78, 5) is 80.4. The Hall–Kier alpha value is -7.52. The Bertz CT molecular complexity index is 3160. The molecule has 8 rings (SSSR count). The number of likely N-dealkylation sites (N-methyl/N-ethyl adjacent to an activating group) is 2. The summed E-state index contributed by atoms with van der Waals surface area (Å²) in [5.41, 5.74) is 5.31. The molecule has 0 radical (unpaired) electrons. The number of hydrogen-bond acceptors (Lipinski definition) is 17. The van der Waals surface area contributed by atoms with Crippen LogP contribution in [0.2, 0.25) is 5.02 Å². The van der Waals surface area contributed by atoms with E-state index >= 15 is 0 Å². The van der Waals surface area contributed by atoms with Gasteiger partial charge < -0.3 is 58.8 Å². The second kappa shape index (κ2) is 35.6. The van der Waals surface area contributed by atoms with E-state index < -0.39 is 12.1 Å². The van der Waals surface area contributed by atoms with E-state index in [4.69, 9.17) is 35.3 Å². The van der Waals surface area contributed by atoms with E-state index in [0.717, 1.165) is 73.7 Å². The van der Waals surface area contributed by atoms with E-state index in [-0.39, 0.29) is 49.6 Å². The van der Waals surface area contributed by atoms with E-state index in [0.29, 0.717) is 138 Å². The average molecular weight is 1270 g/mol. The van der Waals surface area contributed by atoms with Crippen molar-refractivity contribution in [2.75, 3.05) is 136 Å². The fraction of sp³-hybridized carbons (Fsp3) is 0.508. The van der Waals surface area contributed by atoms with Gasteiger partial charge in [-0.2, -0.15) is 5.10 Å². The maximum absolute atomic E-state index is 14.3. The van der Waals surface area contributed by atoms with Crippen LogP contribution in [0, 0.1) is 6.92 Å². The number of benzene rings is 3. The standard InChI is InChI=1S/C63H85ClN14O10S/c1-47-56(44-66-74(47)4)60(61(82)65-43-49-9-14-50(64)15-10-49)78(31-30-75-25-7-8-57(75)79)58(80)22-13-48-11-18-54(19-12-48)87-34-6-5-24-72(2)32-36-85-39-38-84-35-23-52-45-77(71-70-52)33-37-86-40-41-88-55-20-16-51(17-21-55)67-62(83)69-63-68-53(46-89-63)42-59(81)76-28-26-73(3)27-29-76/h9-12,14-21,44-46,60H,5-8,13,22-43H2,1-4H3,(H,65,82)(H2,67,68,69,83). The van der Waals surface area contributed by atoms with Crippen molar-refractivity contribution >= 4 is 63.4 Å². The summed E-state index contributed by atoms with van der Waals surface area (Å²) in [6.07, 6.45) is 8.14. The summed E-state index contributed by atoms with van der Waals surface area (Å²) in [7, 11) is 5.94. The first-order valence-corrected chi connectivity index (χ1v) is 31.8. The molecule has 2 aliphatic heterocycles. The number of aromatic nitrogens is 6. The lowest BCUT2D eigenvalue weighted by Gasteiger charge is -2.32. The molecule has 0 saturated carbocycles. The third-order valence-electron chi connectivity index (χ3n) is 15.5. The number of thiazole rings is 1. The highest BCUT2D eigenvalue weighted by Crippen LogP contribution is 2.27. The Morgan fingerprint density at radius 1 is 0.742 bits per heavy atom. The van der Waals surface area contributed by atoms with Crippen LogP contribution in [0.3, 0.4) is 0 Å². The summed E-state index contributed by atoms with van der Waals surface area (Å²) in [5.74, 6) is 0.986. The van der Waals surface area contributed by atoms with E-state index in [9.17, 15) is 24.0 Å². The number of ether oxygens (including phenoxy) is 5. The zero-order valence-electron chi connectivity index (χ0n) is 51.6. The lowest BCUT2D eigenvalue weighted by atomic mass is 10.0. The molecule has 2 fully saturated rings. The van der Waals surface area contributed by atoms with Crippen molar-refractivity contribution in [2.24, 2.45) is 7.05 Å². The number of carbonyl (C=O) groups excluding carboxylic acids is 5. The predicted octanol–water partition coefficient (Wildman–Crippen LogP) is 6.29. The van der Waals surface area contributed by atoms with Gasteiger partial charge in [0.25, 0.3) is 0 Å². The van der Waals surface area contributed by atoms with Gasteiger partial charge in [-0.1, -0.05) is 41.1 Å².